The minimum Gasteiger partial charge on any atom is -0.360 e. The zero-order chi connectivity index (χ0) is 20.7. The molecule has 6 nitrogen and oxygen atoms in total. The normalized spacial score (nSPS) is 19.4. The molecule has 2 aromatic heterocycles. The van der Waals surface area contributed by atoms with Crippen LogP contribution in [0.4, 0.5) is 5.82 Å². The average Bonchev–Trinajstić information content (AvgIpc) is 3.43. The van der Waals surface area contributed by atoms with Crippen LogP contribution in [0, 0.1) is 12.8 Å². The van der Waals surface area contributed by atoms with E-state index in [2.05, 4.69) is 19.0 Å². The van der Waals surface area contributed by atoms with Gasteiger partial charge >= 0.3 is 0 Å². The Balaban J connectivity index is 1.83. The van der Waals surface area contributed by atoms with Crippen LogP contribution in [0.3, 0.4) is 0 Å². The molecule has 3 heterocycles. The van der Waals surface area contributed by atoms with Gasteiger partial charge in [-0.15, -0.1) is 11.3 Å². The smallest absolute Gasteiger partial charge is 0.297 e. The molecule has 1 amide bonds. The Labute approximate surface area is 172 Å². The second-order valence-electron chi connectivity index (χ2n) is 7.42. The van der Waals surface area contributed by atoms with Crippen molar-refractivity contribution >= 4 is 34.6 Å². The summed E-state index contributed by atoms with van der Waals surface area (Å²) in [6.45, 7) is 5.88. The number of Topliss-reactive ketones (excluding diaryl/α,β-unsaturated/α-hetero) is 2. The van der Waals surface area contributed by atoms with Gasteiger partial charge in [0, 0.05) is 6.07 Å². The molecule has 3 aromatic rings. The van der Waals surface area contributed by atoms with E-state index in [9.17, 15) is 14.4 Å². The van der Waals surface area contributed by atoms with Crippen LogP contribution in [0.15, 0.2) is 52.4 Å². The molecule has 148 valence electrons. The first kappa shape index (κ1) is 19.3. The van der Waals surface area contributed by atoms with Gasteiger partial charge in [0.2, 0.25) is 5.78 Å². The number of aryl methyl sites for hydroxylation is 1. The molecule has 1 aromatic carbocycles. The summed E-state index contributed by atoms with van der Waals surface area (Å²) in [4.78, 5) is 40.7. The first-order valence-electron chi connectivity index (χ1n) is 9.36. The van der Waals surface area contributed by atoms with Crippen LogP contribution in [-0.2, 0) is 9.59 Å². The van der Waals surface area contributed by atoms with E-state index in [0.29, 0.717) is 22.1 Å². The number of benzene rings is 1. The van der Waals surface area contributed by atoms with E-state index in [1.54, 1.807) is 30.5 Å². The van der Waals surface area contributed by atoms with Crippen molar-refractivity contribution in [3.05, 3.63) is 69.6 Å². The molecule has 0 saturated carbocycles. The second-order valence-corrected chi connectivity index (χ2v) is 8.37. The predicted molar refractivity (Wildman–Crippen MR) is 109 cm³/mol. The molecule has 2 atom stereocenters. The van der Waals surface area contributed by atoms with E-state index in [-0.39, 0.29) is 11.6 Å². The van der Waals surface area contributed by atoms with Crippen LogP contribution in [0.25, 0.3) is 0 Å². The lowest BCUT2D eigenvalue weighted by Crippen LogP contribution is -2.30. The molecule has 0 aliphatic carbocycles. The van der Waals surface area contributed by atoms with Crippen LogP contribution in [-0.4, -0.2) is 22.6 Å². The molecule has 1 aliphatic rings. The number of aromatic nitrogens is 1. The highest BCUT2D eigenvalue weighted by atomic mass is 32.1. The van der Waals surface area contributed by atoms with Gasteiger partial charge in [-0.05, 0) is 35.4 Å². The number of carbonyl (C=O) groups is 3. The summed E-state index contributed by atoms with van der Waals surface area (Å²) >= 11 is 1.26. The Bertz CT molecular complexity index is 1070. The van der Waals surface area contributed by atoms with E-state index in [1.165, 1.54) is 16.2 Å². The predicted octanol–water partition coefficient (Wildman–Crippen LogP) is 4.32. The summed E-state index contributed by atoms with van der Waals surface area (Å²) in [7, 11) is 0. The van der Waals surface area contributed by atoms with E-state index in [1.807, 2.05) is 24.3 Å². The first-order chi connectivity index (χ1) is 13.9. The van der Waals surface area contributed by atoms with Crippen molar-refractivity contribution in [3.63, 3.8) is 0 Å². The Morgan fingerprint density at radius 3 is 2.45 bits per heavy atom. The molecule has 0 radical (unpaired) electrons. The highest BCUT2D eigenvalue weighted by Gasteiger charge is 2.53. The van der Waals surface area contributed by atoms with Gasteiger partial charge in [0.1, 0.15) is 11.7 Å². The van der Waals surface area contributed by atoms with Crippen molar-refractivity contribution in [2.45, 2.75) is 32.7 Å². The highest BCUT2D eigenvalue weighted by molar-refractivity contribution is 7.12. The Morgan fingerprint density at radius 2 is 1.90 bits per heavy atom. The third-order valence-corrected chi connectivity index (χ3v) is 6.04. The second kappa shape index (κ2) is 7.40. The lowest BCUT2D eigenvalue weighted by molar-refractivity contribution is -0.135. The minimum atomic E-state index is -1.12. The largest absolute Gasteiger partial charge is 0.360 e. The number of ketones is 2. The van der Waals surface area contributed by atoms with Gasteiger partial charge < -0.3 is 4.52 Å². The third kappa shape index (κ3) is 3.31. The van der Waals surface area contributed by atoms with E-state index in [0.717, 1.165) is 5.56 Å². The maximum Gasteiger partial charge on any atom is 0.297 e. The molecule has 0 bridgehead atoms. The van der Waals surface area contributed by atoms with Gasteiger partial charge in [-0.3, -0.25) is 19.3 Å². The molecule has 4 rings (SSSR count). The lowest BCUT2D eigenvalue weighted by atomic mass is 9.87. The lowest BCUT2D eigenvalue weighted by Gasteiger charge is -2.25. The summed E-state index contributed by atoms with van der Waals surface area (Å²) in [5, 5.41) is 5.71. The van der Waals surface area contributed by atoms with Crippen molar-refractivity contribution < 1.29 is 18.9 Å². The Hall–Kier alpha value is -3.06. The summed E-state index contributed by atoms with van der Waals surface area (Å²) in [6.07, 6.45) is 0. The van der Waals surface area contributed by atoms with Gasteiger partial charge in [-0.2, -0.15) is 0 Å². The van der Waals surface area contributed by atoms with Crippen molar-refractivity contribution in [2.75, 3.05) is 4.90 Å². The molecule has 2 unspecified atom stereocenters. The maximum absolute atomic E-state index is 13.2. The number of rotatable bonds is 5. The molecule has 29 heavy (non-hydrogen) atoms. The topological polar surface area (TPSA) is 80.5 Å². The number of nitrogens with zero attached hydrogens (tertiary/aromatic N) is 2. The monoisotopic (exact) mass is 408 g/mol. The molecule has 0 N–H and O–H groups in total. The van der Waals surface area contributed by atoms with Crippen LogP contribution >= 0.6 is 11.3 Å². The Morgan fingerprint density at radius 1 is 1.17 bits per heavy atom. The molecule has 0 spiro atoms. The van der Waals surface area contributed by atoms with Gasteiger partial charge in [-0.1, -0.05) is 49.3 Å². The number of hydrogen-bond donors (Lipinski definition) is 0. The summed E-state index contributed by atoms with van der Waals surface area (Å²) in [6, 6.07) is 11.9. The van der Waals surface area contributed by atoms with Crippen molar-refractivity contribution in [1.82, 2.24) is 5.16 Å². The van der Waals surface area contributed by atoms with Gasteiger partial charge in [-0.25, -0.2) is 0 Å². The molecule has 1 fully saturated rings. The average molecular weight is 408 g/mol. The number of carbonyl (C=O) groups excluding carboxylic acids is 3. The van der Waals surface area contributed by atoms with Crippen molar-refractivity contribution in [1.29, 1.82) is 0 Å². The van der Waals surface area contributed by atoms with Crippen molar-refractivity contribution in [2.24, 2.45) is 5.92 Å². The van der Waals surface area contributed by atoms with E-state index < -0.39 is 23.7 Å². The summed E-state index contributed by atoms with van der Waals surface area (Å²) < 4.78 is 5.13. The zero-order valence-corrected chi connectivity index (χ0v) is 17.1. The SMILES string of the molecule is Cc1cc(N2C(=O)C(=O)C(C(=O)c3cccs3)C2c2ccc(C(C)C)cc2)no1. The minimum absolute atomic E-state index is 0.236. The summed E-state index contributed by atoms with van der Waals surface area (Å²) in [5.74, 6) is -1.84. The summed E-state index contributed by atoms with van der Waals surface area (Å²) in [5.41, 5.74) is 1.85. The molecule has 1 saturated heterocycles. The standard InChI is InChI=1S/C22H20N2O4S/c1-12(2)14-6-8-15(9-7-14)19-18(20(25)16-5-4-10-29-16)21(26)22(27)24(19)17-11-13(3)28-23-17/h4-12,18-19H,1-3H3. The molecule has 1 aliphatic heterocycles. The van der Waals surface area contributed by atoms with Crippen LogP contribution in [0.2, 0.25) is 0 Å². The fraction of sp³-hybridized carbons (Fsp3) is 0.273. The number of thiophene rings is 1. The quantitative estimate of drug-likeness (QED) is 0.357. The van der Waals surface area contributed by atoms with E-state index in [4.69, 9.17) is 4.52 Å². The van der Waals surface area contributed by atoms with Gasteiger partial charge in [0.25, 0.3) is 5.91 Å². The van der Waals surface area contributed by atoms with E-state index >= 15 is 0 Å². The zero-order valence-electron chi connectivity index (χ0n) is 16.3. The highest BCUT2D eigenvalue weighted by Crippen LogP contribution is 2.41. The number of hydrogen-bond acceptors (Lipinski definition) is 6. The number of amides is 1. The third-order valence-electron chi connectivity index (χ3n) is 5.16. The fourth-order valence-corrected chi connectivity index (χ4v) is 4.34. The van der Waals surface area contributed by atoms with Crippen molar-refractivity contribution in [3.8, 4) is 0 Å². The van der Waals surface area contributed by atoms with Crippen LogP contribution in [0.5, 0.6) is 0 Å². The molecular formula is C22H20N2O4S. The van der Waals surface area contributed by atoms with Gasteiger partial charge in [0.05, 0.1) is 10.9 Å². The van der Waals surface area contributed by atoms with Crippen LogP contribution in [0.1, 0.15) is 52.4 Å². The maximum atomic E-state index is 13.2. The fourth-order valence-electron chi connectivity index (χ4n) is 3.64. The Kier molecular flexibility index (Phi) is 4.92. The number of anilines is 1. The van der Waals surface area contributed by atoms with Gasteiger partial charge in [0.15, 0.2) is 11.6 Å². The molecule has 7 heteroatoms. The molecular weight excluding hydrogens is 388 g/mol. The first-order valence-corrected chi connectivity index (χ1v) is 10.2. The van der Waals surface area contributed by atoms with Crippen LogP contribution < -0.4 is 4.90 Å².